The van der Waals surface area contributed by atoms with E-state index in [-0.39, 0.29) is 11.3 Å². The van der Waals surface area contributed by atoms with E-state index in [9.17, 15) is 19.5 Å². The molecule has 2 heterocycles. The van der Waals surface area contributed by atoms with E-state index in [0.717, 1.165) is 12.0 Å². The van der Waals surface area contributed by atoms with E-state index in [1.165, 1.54) is 24.2 Å². The summed E-state index contributed by atoms with van der Waals surface area (Å²) in [5, 5.41) is 11.0. The molecular weight excluding hydrogens is 420 g/mol. The van der Waals surface area contributed by atoms with Gasteiger partial charge in [-0.3, -0.25) is 24.3 Å². The second kappa shape index (κ2) is 9.08. The van der Waals surface area contributed by atoms with E-state index in [1.54, 1.807) is 48.5 Å². The standard InChI is InChI=1S/C26H22N2O5/c1-3-17-4-8-20(9-5-17)28-23(18-6-10-21(11-7-18)33-16(2)29)22(25(31)26(28)32)24(30)19-12-14-27-15-13-19/h4-15,23,30H,3H2,1-2H3/b24-22-. The number of amides is 1. The van der Waals surface area contributed by atoms with Gasteiger partial charge < -0.3 is 9.84 Å². The first-order valence-electron chi connectivity index (χ1n) is 10.5. The maximum atomic E-state index is 13.2. The van der Waals surface area contributed by atoms with Gasteiger partial charge in [0.2, 0.25) is 0 Å². The van der Waals surface area contributed by atoms with Gasteiger partial charge in [-0.1, -0.05) is 31.2 Å². The molecule has 7 heteroatoms. The third-order valence-corrected chi connectivity index (χ3v) is 5.48. The lowest BCUT2D eigenvalue weighted by molar-refractivity contribution is -0.132. The molecule has 0 aliphatic carbocycles. The summed E-state index contributed by atoms with van der Waals surface area (Å²) in [6, 6.07) is 16.2. The molecule has 7 nitrogen and oxygen atoms in total. The number of pyridine rings is 1. The van der Waals surface area contributed by atoms with E-state index < -0.39 is 23.7 Å². The molecule has 1 fully saturated rings. The highest BCUT2D eigenvalue weighted by Gasteiger charge is 2.46. The fourth-order valence-corrected chi connectivity index (χ4v) is 3.86. The predicted octanol–water partition coefficient (Wildman–Crippen LogP) is 4.20. The van der Waals surface area contributed by atoms with Crippen LogP contribution in [0, 0.1) is 0 Å². The molecule has 166 valence electrons. The largest absolute Gasteiger partial charge is 0.507 e. The zero-order valence-electron chi connectivity index (χ0n) is 18.2. The number of aryl methyl sites for hydroxylation is 1. The van der Waals surface area contributed by atoms with Crippen LogP contribution in [0.1, 0.15) is 36.6 Å². The summed E-state index contributed by atoms with van der Waals surface area (Å²) < 4.78 is 5.10. The van der Waals surface area contributed by atoms with Crippen LogP contribution < -0.4 is 9.64 Å². The molecule has 2 aromatic carbocycles. The van der Waals surface area contributed by atoms with Crippen molar-refractivity contribution in [3.05, 3.63) is 95.3 Å². The molecular formula is C26H22N2O5. The Morgan fingerprint density at radius 3 is 2.21 bits per heavy atom. The van der Waals surface area contributed by atoms with Gasteiger partial charge in [-0.15, -0.1) is 0 Å². The van der Waals surface area contributed by atoms with Gasteiger partial charge >= 0.3 is 5.97 Å². The number of ketones is 1. The smallest absolute Gasteiger partial charge is 0.308 e. The molecule has 0 spiro atoms. The van der Waals surface area contributed by atoms with Gasteiger partial charge in [0.15, 0.2) is 0 Å². The van der Waals surface area contributed by atoms with Crippen LogP contribution in [0.4, 0.5) is 5.69 Å². The minimum atomic E-state index is -0.864. The first kappa shape index (κ1) is 22.0. The number of esters is 1. The van der Waals surface area contributed by atoms with Gasteiger partial charge in [0, 0.05) is 30.6 Å². The summed E-state index contributed by atoms with van der Waals surface area (Å²) in [4.78, 5) is 42.9. The Morgan fingerprint density at radius 2 is 1.64 bits per heavy atom. The number of nitrogens with zero attached hydrogens (tertiary/aromatic N) is 2. The van der Waals surface area contributed by atoms with Crippen molar-refractivity contribution in [3.63, 3.8) is 0 Å². The number of aromatic nitrogens is 1. The van der Waals surface area contributed by atoms with Gasteiger partial charge in [-0.25, -0.2) is 0 Å². The molecule has 1 N–H and O–H groups in total. The fourth-order valence-electron chi connectivity index (χ4n) is 3.86. The Hall–Kier alpha value is -4.26. The molecule has 1 atom stereocenters. The molecule has 0 bridgehead atoms. The number of hydrogen-bond donors (Lipinski definition) is 1. The lowest BCUT2D eigenvalue weighted by atomic mass is 9.95. The van der Waals surface area contributed by atoms with Crippen LogP contribution in [-0.2, 0) is 20.8 Å². The molecule has 3 aromatic rings. The van der Waals surface area contributed by atoms with E-state index in [2.05, 4.69) is 4.98 Å². The van der Waals surface area contributed by atoms with Crippen molar-refractivity contribution >= 4 is 29.1 Å². The number of Topliss-reactive ketones (excluding diaryl/α,β-unsaturated/α-hetero) is 1. The number of benzene rings is 2. The fraction of sp³-hybridized carbons (Fsp3) is 0.154. The minimum Gasteiger partial charge on any atom is -0.507 e. The van der Waals surface area contributed by atoms with Crippen LogP contribution in [0.25, 0.3) is 5.76 Å². The second-order valence-electron chi connectivity index (χ2n) is 7.59. The van der Waals surface area contributed by atoms with Gasteiger partial charge in [-0.05, 0) is 53.9 Å². The van der Waals surface area contributed by atoms with Crippen LogP contribution in [0.3, 0.4) is 0 Å². The Bertz CT molecular complexity index is 1230. The molecule has 1 amide bonds. The van der Waals surface area contributed by atoms with Crippen molar-refractivity contribution in [3.8, 4) is 5.75 Å². The number of rotatable bonds is 5. The molecule has 1 aromatic heterocycles. The van der Waals surface area contributed by atoms with Crippen molar-refractivity contribution in [1.82, 2.24) is 4.98 Å². The minimum absolute atomic E-state index is 0.0222. The SMILES string of the molecule is CCc1ccc(N2C(=O)C(=O)/C(=C(\O)c3ccncc3)C2c2ccc(OC(C)=O)cc2)cc1. The first-order chi connectivity index (χ1) is 15.9. The Labute approximate surface area is 191 Å². The molecule has 4 rings (SSSR count). The lowest BCUT2D eigenvalue weighted by Crippen LogP contribution is -2.29. The van der Waals surface area contributed by atoms with Crippen molar-refractivity contribution in [2.75, 3.05) is 4.90 Å². The molecule has 1 saturated heterocycles. The summed E-state index contributed by atoms with van der Waals surface area (Å²) in [5.74, 6) is -1.91. The Kier molecular flexibility index (Phi) is 6.04. The number of aliphatic hydroxyl groups excluding tert-OH is 1. The van der Waals surface area contributed by atoms with Crippen LogP contribution in [-0.4, -0.2) is 27.8 Å². The normalized spacial score (nSPS) is 17.3. The van der Waals surface area contributed by atoms with Gasteiger partial charge in [0.05, 0.1) is 11.6 Å². The highest BCUT2D eigenvalue weighted by Crippen LogP contribution is 2.42. The van der Waals surface area contributed by atoms with Gasteiger partial charge in [0.25, 0.3) is 11.7 Å². The summed E-state index contributed by atoms with van der Waals surface area (Å²) >= 11 is 0. The average molecular weight is 442 g/mol. The number of aliphatic hydroxyl groups is 1. The zero-order valence-corrected chi connectivity index (χ0v) is 18.2. The number of hydrogen-bond acceptors (Lipinski definition) is 6. The number of carbonyl (C=O) groups excluding carboxylic acids is 3. The third-order valence-electron chi connectivity index (χ3n) is 5.48. The van der Waals surface area contributed by atoms with Crippen molar-refractivity contribution in [2.45, 2.75) is 26.3 Å². The van der Waals surface area contributed by atoms with Crippen molar-refractivity contribution < 1.29 is 24.2 Å². The molecule has 0 saturated carbocycles. The highest BCUT2D eigenvalue weighted by molar-refractivity contribution is 6.51. The van der Waals surface area contributed by atoms with Gasteiger partial charge in [0.1, 0.15) is 11.5 Å². The third kappa shape index (κ3) is 4.25. The highest BCUT2D eigenvalue weighted by atomic mass is 16.5. The maximum Gasteiger partial charge on any atom is 0.308 e. The zero-order chi connectivity index (χ0) is 23.5. The second-order valence-corrected chi connectivity index (χ2v) is 7.59. The predicted molar refractivity (Wildman–Crippen MR) is 123 cm³/mol. The summed E-state index contributed by atoms with van der Waals surface area (Å²) in [6.45, 7) is 3.33. The first-order valence-corrected chi connectivity index (χ1v) is 10.5. The van der Waals surface area contributed by atoms with Crippen LogP contribution in [0.15, 0.2) is 78.6 Å². The monoisotopic (exact) mass is 442 g/mol. The summed E-state index contributed by atoms with van der Waals surface area (Å²) in [5.41, 5.74) is 2.57. The van der Waals surface area contributed by atoms with Crippen LogP contribution in [0.5, 0.6) is 5.75 Å². The van der Waals surface area contributed by atoms with Crippen LogP contribution >= 0.6 is 0 Å². The molecule has 0 radical (unpaired) electrons. The Morgan fingerprint density at radius 1 is 1.00 bits per heavy atom. The molecule has 1 aliphatic heterocycles. The van der Waals surface area contributed by atoms with E-state index in [4.69, 9.17) is 4.74 Å². The van der Waals surface area contributed by atoms with E-state index in [1.807, 2.05) is 19.1 Å². The summed E-state index contributed by atoms with van der Waals surface area (Å²) in [7, 11) is 0. The number of anilines is 1. The van der Waals surface area contributed by atoms with Crippen LogP contribution in [0.2, 0.25) is 0 Å². The quantitative estimate of drug-likeness (QED) is 0.209. The number of ether oxygens (including phenoxy) is 1. The Balaban J connectivity index is 1.87. The summed E-state index contributed by atoms with van der Waals surface area (Å²) in [6.07, 6.45) is 3.83. The molecule has 1 unspecified atom stereocenters. The van der Waals surface area contributed by atoms with Crippen molar-refractivity contribution in [2.24, 2.45) is 0 Å². The van der Waals surface area contributed by atoms with Gasteiger partial charge in [-0.2, -0.15) is 0 Å². The lowest BCUT2D eigenvalue weighted by Gasteiger charge is -2.25. The van der Waals surface area contributed by atoms with Crippen molar-refractivity contribution in [1.29, 1.82) is 0 Å². The molecule has 33 heavy (non-hydrogen) atoms. The van der Waals surface area contributed by atoms with E-state index in [0.29, 0.717) is 22.6 Å². The topological polar surface area (TPSA) is 96.8 Å². The maximum absolute atomic E-state index is 13.2. The molecule has 1 aliphatic rings. The number of carbonyl (C=O) groups is 3. The van der Waals surface area contributed by atoms with E-state index >= 15 is 0 Å². The average Bonchev–Trinajstić information content (AvgIpc) is 3.10.